The van der Waals surface area contributed by atoms with Crippen LogP contribution in [0.25, 0.3) is 11.0 Å². The Labute approximate surface area is 98.6 Å². The minimum absolute atomic E-state index is 0.108. The third kappa shape index (κ3) is 2.36. The summed E-state index contributed by atoms with van der Waals surface area (Å²) >= 11 is 0. The number of alkyl halides is 1. The molecule has 17 heavy (non-hydrogen) atoms. The van der Waals surface area contributed by atoms with E-state index in [-0.39, 0.29) is 5.78 Å². The van der Waals surface area contributed by atoms with E-state index in [0.29, 0.717) is 17.6 Å². The first-order chi connectivity index (χ1) is 8.26. The van der Waals surface area contributed by atoms with E-state index in [4.69, 9.17) is 4.42 Å². The molecular weight excluding hydrogens is 221 g/mol. The van der Waals surface area contributed by atoms with Gasteiger partial charge in [-0.3, -0.25) is 10.1 Å². The molecule has 1 unspecified atom stereocenters. The lowest BCUT2D eigenvalue weighted by atomic mass is 10.0. The van der Waals surface area contributed by atoms with Crippen molar-refractivity contribution < 1.29 is 13.6 Å². The predicted molar refractivity (Wildman–Crippen MR) is 63.7 cm³/mol. The van der Waals surface area contributed by atoms with Gasteiger partial charge < -0.3 is 4.42 Å². The number of Topliss-reactive ketones (excluding diaryl/α,β-unsaturated/α-hetero) is 1. The number of halogens is 1. The second-order valence-corrected chi connectivity index (χ2v) is 3.84. The van der Waals surface area contributed by atoms with Gasteiger partial charge in [-0.05, 0) is 18.6 Å². The maximum Gasteiger partial charge on any atom is 0.179 e. The number of carbonyl (C=O) groups excluding carboxylic acids is 1. The topological polar surface area (TPSA) is 42.2 Å². The van der Waals surface area contributed by atoms with Crippen LogP contribution in [-0.4, -0.2) is 18.6 Å². The summed E-state index contributed by atoms with van der Waals surface area (Å²) in [5.41, 5.74) is 1.21. The Hall–Kier alpha value is -1.68. The fraction of sp³-hybridized carbons (Fsp3) is 0.308. The van der Waals surface area contributed by atoms with Crippen LogP contribution in [0, 0.1) is 0 Å². The number of furan rings is 1. The van der Waals surface area contributed by atoms with Crippen molar-refractivity contribution in [3.8, 4) is 0 Å². The van der Waals surface area contributed by atoms with Crippen molar-refractivity contribution in [1.29, 1.82) is 0 Å². The first-order valence-electron chi connectivity index (χ1n) is 5.57. The molecule has 0 aliphatic carbocycles. The highest BCUT2D eigenvalue weighted by Gasteiger charge is 2.18. The van der Waals surface area contributed by atoms with Gasteiger partial charge >= 0.3 is 0 Å². The molecular formula is C13H14FNO2. The Kier molecular flexibility index (Phi) is 3.54. The lowest BCUT2D eigenvalue weighted by Gasteiger charge is -2.13. The van der Waals surface area contributed by atoms with Gasteiger partial charge in [-0.1, -0.05) is 19.1 Å². The van der Waals surface area contributed by atoms with Crippen molar-refractivity contribution in [3.63, 3.8) is 0 Å². The Bertz CT molecular complexity index is 521. The van der Waals surface area contributed by atoms with Gasteiger partial charge in [0.05, 0.1) is 12.3 Å². The van der Waals surface area contributed by atoms with Crippen LogP contribution in [0.3, 0.4) is 0 Å². The molecule has 0 aliphatic heterocycles. The molecule has 0 saturated heterocycles. The Morgan fingerprint density at radius 3 is 3.00 bits per heavy atom. The number of hydrogen-bond acceptors (Lipinski definition) is 3. The molecule has 2 aromatic rings. The van der Waals surface area contributed by atoms with E-state index < -0.39 is 12.8 Å². The summed E-state index contributed by atoms with van der Waals surface area (Å²) in [6.45, 7) is 1.14. The third-order valence-electron chi connectivity index (χ3n) is 2.79. The maximum atomic E-state index is 12.2. The van der Waals surface area contributed by atoms with Crippen LogP contribution in [0.15, 0.2) is 34.9 Å². The van der Waals surface area contributed by atoms with E-state index in [1.54, 1.807) is 18.4 Å². The summed E-state index contributed by atoms with van der Waals surface area (Å²) < 4.78 is 17.5. The number of rotatable bonds is 5. The molecule has 0 bridgehead atoms. The normalized spacial score (nSPS) is 12.8. The highest BCUT2D eigenvalue weighted by molar-refractivity contribution is 6.02. The van der Waals surface area contributed by atoms with E-state index >= 15 is 0 Å². The SMILES string of the molecule is CCC(NCF)C(=O)c1ccc2ccoc2c1. The van der Waals surface area contributed by atoms with Gasteiger partial charge in [0, 0.05) is 10.9 Å². The van der Waals surface area contributed by atoms with Crippen molar-refractivity contribution in [2.75, 3.05) is 6.80 Å². The first kappa shape index (κ1) is 11.8. The number of fused-ring (bicyclic) bond motifs is 1. The van der Waals surface area contributed by atoms with Gasteiger partial charge in [-0.15, -0.1) is 0 Å². The minimum Gasteiger partial charge on any atom is -0.464 e. The van der Waals surface area contributed by atoms with Crippen molar-refractivity contribution >= 4 is 16.8 Å². The number of benzene rings is 1. The average molecular weight is 235 g/mol. The lowest BCUT2D eigenvalue weighted by Crippen LogP contribution is -2.35. The van der Waals surface area contributed by atoms with Crippen LogP contribution in [0.2, 0.25) is 0 Å². The van der Waals surface area contributed by atoms with Gasteiger partial charge in [-0.25, -0.2) is 4.39 Å². The Morgan fingerprint density at radius 1 is 1.47 bits per heavy atom. The number of nitrogens with one attached hydrogen (secondary N) is 1. The molecule has 1 aromatic carbocycles. The molecule has 1 atom stereocenters. The van der Waals surface area contributed by atoms with Gasteiger partial charge in [0.25, 0.3) is 0 Å². The fourth-order valence-corrected chi connectivity index (χ4v) is 1.82. The highest BCUT2D eigenvalue weighted by Crippen LogP contribution is 2.18. The second-order valence-electron chi connectivity index (χ2n) is 3.84. The van der Waals surface area contributed by atoms with E-state index in [0.717, 1.165) is 5.39 Å². The van der Waals surface area contributed by atoms with E-state index in [1.165, 1.54) is 0 Å². The number of carbonyl (C=O) groups is 1. The smallest absolute Gasteiger partial charge is 0.179 e. The van der Waals surface area contributed by atoms with Crippen LogP contribution in [0.5, 0.6) is 0 Å². The zero-order valence-corrected chi connectivity index (χ0v) is 9.57. The van der Waals surface area contributed by atoms with Crippen LogP contribution < -0.4 is 5.32 Å². The van der Waals surface area contributed by atoms with E-state index in [9.17, 15) is 9.18 Å². The van der Waals surface area contributed by atoms with Crippen LogP contribution in [0.1, 0.15) is 23.7 Å². The molecule has 1 N–H and O–H groups in total. The summed E-state index contributed by atoms with van der Waals surface area (Å²) in [6, 6.07) is 6.62. The second kappa shape index (κ2) is 5.10. The van der Waals surface area contributed by atoms with E-state index in [2.05, 4.69) is 5.32 Å². The molecule has 3 nitrogen and oxygen atoms in total. The van der Waals surface area contributed by atoms with E-state index in [1.807, 2.05) is 19.1 Å². The molecule has 2 rings (SSSR count). The largest absolute Gasteiger partial charge is 0.464 e. The quantitative estimate of drug-likeness (QED) is 0.640. The van der Waals surface area contributed by atoms with Gasteiger partial charge in [0.15, 0.2) is 5.78 Å². The standard InChI is InChI=1S/C13H14FNO2/c1-2-11(15-8-14)13(16)10-4-3-9-5-6-17-12(9)7-10/h3-7,11,15H,2,8H2,1H3. The Morgan fingerprint density at radius 2 is 2.29 bits per heavy atom. The van der Waals surface area contributed by atoms with Crippen LogP contribution >= 0.6 is 0 Å². The molecule has 0 radical (unpaired) electrons. The minimum atomic E-state index is -0.701. The Balaban J connectivity index is 2.28. The summed E-state index contributed by atoms with van der Waals surface area (Å²) in [4.78, 5) is 12.1. The van der Waals surface area contributed by atoms with Gasteiger partial charge in [0.1, 0.15) is 12.4 Å². The molecule has 0 amide bonds. The van der Waals surface area contributed by atoms with Gasteiger partial charge in [0.2, 0.25) is 0 Å². The zero-order chi connectivity index (χ0) is 12.3. The molecule has 1 aromatic heterocycles. The predicted octanol–water partition coefficient (Wildman–Crippen LogP) is 2.91. The third-order valence-corrected chi connectivity index (χ3v) is 2.79. The van der Waals surface area contributed by atoms with Crippen LogP contribution in [0.4, 0.5) is 4.39 Å². The molecule has 0 spiro atoms. The summed E-state index contributed by atoms with van der Waals surface area (Å²) in [5, 5.41) is 3.48. The summed E-state index contributed by atoms with van der Waals surface area (Å²) in [5.74, 6) is -0.108. The lowest BCUT2D eigenvalue weighted by molar-refractivity contribution is 0.0932. The summed E-state index contributed by atoms with van der Waals surface area (Å²) in [7, 11) is 0. The maximum absolute atomic E-state index is 12.2. The van der Waals surface area contributed by atoms with Crippen molar-refractivity contribution in [1.82, 2.24) is 5.32 Å². The molecule has 1 heterocycles. The fourth-order valence-electron chi connectivity index (χ4n) is 1.82. The molecule has 4 heteroatoms. The number of ketones is 1. The monoisotopic (exact) mass is 235 g/mol. The molecule has 0 saturated carbocycles. The van der Waals surface area contributed by atoms with Crippen LogP contribution in [-0.2, 0) is 0 Å². The molecule has 0 fully saturated rings. The molecule has 0 aliphatic rings. The zero-order valence-electron chi connectivity index (χ0n) is 9.57. The first-order valence-corrected chi connectivity index (χ1v) is 5.57. The molecule has 90 valence electrons. The van der Waals surface area contributed by atoms with Crippen molar-refractivity contribution in [2.45, 2.75) is 19.4 Å². The van der Waals surface area contributed by atoms with Gasteiger partial charge in [-0.2, -0.15) is 0 Å². The summed E-state index contributed by atoms with van der Waals surface area (Å²) in [6.07, 6.45) is 2.13. The highest BCUT2D eigenvalue weighted by atomic mass is 19.1. The van der Waals surface area contributed by atoms with Crippen molar-refractivity contribution in [3.05, 3.63) is 36.1 Å². The average Bonchev–Trinajstić information content (AvgIpc) is 2.82. The van der Waals surface area contributed by atoms with Crippen molar-refractivity contribution in [2.24, 2.45) is 0 Å². The number of hydrogen-bond donors (Lipinski definition) is 1.